The van der Waals surface area contributed by atoms with Gasteiger partial charge in [-0.1, -0.05) is 24.3 Å². The summed E-state index contributed by atoms with van der Waals surface area (Å²) >= 11 is 0. The molecule has 16 heavy (non-hydrogen) atoms. The molecule has 1 aromatic carbocycles. The van der Waals surface area contributed by atoms with Crippen LogP contribution in [0.25, 0.3) is 0 Å². The van der Waals surface area contributed by atoms with Crippen LogP contribution in [-0.4, -0.2) is 18.6 Å². The summed E-state index contributed by atoms with van der Waals surface area (Å²) in [5.41, 5.74) is 2.62. The summed E-state index contributed by atoms with van der Waals surface area (Å²) in [5, 5.41) is 3.04. The van der Waals surface area contributed by atoms with Crippen molar-refractivity contribution >= 4 is 5.91 Å². The lowest BCUT2D eigenvalue weighted by molar-refractivity contribution is -0.137. The van der Waals surface area contributed by atoms with Crippen LogP contribution in [0.1, 0.15) is 30.1 Å². The van der Waals surface area contributed by atoms with Crippen LogP contribution in [0.4, 0.5) is 0 Å². The molecule has 2 aliphatic rings. The normalized spacial score (nSPS) is 28.6. The molecule has 0 bridgehead atoms. The molecule has 1 aromatic rings. The molecule has 84 valence electrons. The molecule has 3 heteroatoms. The van der Waals surface area contributed by atoms with E-state index in [0.29, 0.717) is 0 Å². The molecule has 0 unspecified atom stereocenters. The maximum atomic E-state index is 11.3. The van der Waals surface area contributed by atoms with Gasteiger partial charge in [-0.3, -0.25) is 4.79 Å². The maximum Gasteiger partial charge on any atom is 0.246 e. The highest BCUT2D eigenvalue weighted by atomic mass is 16.5. The summed E-state index contributed by atoms with van der Waals surface area (Å²) in [5.74, 6) is 0.0145. The first-order chi connectivity index (χ1) is 7.84. The maximum absolute atomic E-state index is 11.3. The number of amides is 1. The predicted molar refractivity (Wildman–Crippen MR) is 60.0 cm³/mol. The fraction of sp³-hybridized carbons (Fsp3) is 0.462. The summed E-state index contributed by atoms with van der Waals surface area (Å²) < 4.78 is 5.69. The van der Waals surface area contributed by atoms with Gasteiger partial charge in [0.25, 0.3) is 0 Å². The zero-order valence-corrected chi connectivity index (χ0v) is 9.11. The highest BCUT2D eigenvalue weighted by Gasteiger charge is 2.33. The summed E-state index contributed by atoms with van der Waals surface area (Å²) in [6.45, 7) is 0.190. The Morgan fingerprint density at radius 1 is 1.31 bits per heavy atom. The van der Waals surface area contributed by atoms with E-state index in [0.717, 1.165) is 19.3 Å². The van der Waals surface area contributed by atoms with Crippen LogP contribution in [0.3, 0.4) is 0 Å². The molecule has 0 saturated carbocycles. The van der Waals surface area contributed by atoms with Gasteiger partial charge in [-0.25, -0.2) is 0 Å². The minimum absolute atomic E-state index is 0.0145. The van der Waals surface area contributed by atoms with Crippen LogP contribution >= 0.6 is 0 Å². The number of fused-ring (bicyclic) bond motifs is 3. The van der Waals surface area contributed by atoms with Crippen LogP contribution < -0.4 is 5.32 Å². The Morgan fingerprint density at radius 3 is 3.12 bits per heavy atom. The molecule has 1 fully saturated rings. The molecule has 3 nitrogen and oxygen atoms in total. The highest BCUT2D eigenvalue weighted by Crippen LogP contribution is 2.33. The second kappa shape index (κ2) is 3.91. The molecule has 0 aromatic heterocycles. The van der Waals surface area contributed by atoms with Crippen LogP contribution in [-0.2, 0) is 16.0 Å². The fourth-order valence-corrected chi connectivity index (χ4v) is 2.69. The summed E-state index contributed by atoms with van der Waals surface area (Å²) in [4.78, 5) is 11.3. The van der Waals surface area contributed by atoms with Gasteiger partial charge in [0.15, 0.2) is 0 Å². The van der Waals surface area contributed by atoms with Gasteiger partial charge in [-0.15, -0.1) is 0 Å². The number of carbonyl (C=O) groups is 1. The lowest BCUT2D eigenvalue weighted by Crippen LogP contribution is -2.47. The summed E-state index contributed by atoms with van der Waals surface area (Å²) in [6.07, 6.45) is 3.26. The Morgan fingerprint density at radius 2 is 2.19 bits per heavy atom. The predicted octanol–water partition coefficient (Wildman–Crippen LogP) is 1.58. The standard InChI is InChI=1S/C13H15NO2/c15-12-8-16-13-10-6-2-1-4-9(10)5-3-7-11(13)14-12/h1-2,4,6,11,13H,3,5,7-8H2,(H,14,15)/t11-,13-/m1/s1. The van der Waals surface area contributed by atoms with E-state index in [9.17, 15) is 4.79 Å². The zero-order valence-electron chi connectivity index (χ0n) is 9.11. The Balaban J connectivity index is 1.98. The zero-order chi connectivity index (χ0) is 11.0. The Hall–Kier alpha value is -1.35. The first-order valence-corrected chi connectivity index (χ1v) is 5.83. The molecular weight excluding hydrogens is 202 g/mol. The molecule has 1 saturated heterocycles. The van der Waals surface area contributed by atoms with E-state index >= 15 is 0 Å². The third-order valence-electron chi connectivity index (χ3n) is 3.43. The van der Waals surface area contributed by atoms with Crippen molar-refractivity contribution in [3.05, 3.63) is 35.4 Å². The van der Waals surface area contributed by atoms with Gasteiger partial charge in [0, 0.05) is 0 Å². The smallest absolute Gasteiger partial charge is 0.246 e. The largest absolute Gasteiger partial charge is 0.362 e. The van der Waals surface area contributed by atoms with Gasteiger partial charge in [0.1, 0.15) is 12.7 Å². The van der Waals surface area contributed by atoms with Crippen molar-refractivity contribution in [2.45, 2.75) is 31.4 Å². The summed E-state index contributed by atoms with van der Waals surface area (Å²) in [6, 6.07) is 8.55. The van der Waals surface area contributed by atoms with Crippen molar-refractivity contribution in [2.24, 2.45) is 0 Å². The minimum Gasteiger partial charge on any atom is -0.362 e. The SMILES string of the molecule is O=C1CO[C@@H]2c3ccccc3CCC[C@H]2N1. The lowest BCUT2D eigenvalue weighted by Gasteiger charge is -2.31. The molecule has 0 radical (unpaired) electrons. The van der Waals surface area contributed by atoms with E-state index in [2.05, 4.69) is 23.5 Å². The van der Waals surface area contributed by atoms with E-state index in [-0.39, 0.29) is 24.7 Å². The van der Waals surface area contributed by atoms with Gasteiger partial charge < -0.3 is 10.1 Å². The molecule has 0 spiro atoms. The minimum atomic E-state index is 0.0145. The average Bonchev–Trinajstić information content (AvgIpc) is 2.47. The van der Waals surface area contributed by atoms with E-state index in [1.165, 1.54) is 11.1 Å². The van der Waals surface area contributed by atoms with Crippen LogP contribution in [0, 0.1) is 0 Å². The molecule has 2 atom stereocenters. The first-order valence-electron chi connectivity index (χ1n) is 5.83. The molecule has 1 amide bonds. The van der Waals surface area contributed by atoms with Crippen molar-refractivity contribution in [3.63, 3.8) is 0 Å². The number of hydrogen-bond donors (Lipinski definition) is 1. The number of carbonyl (C=O) groups excluding carboxylic acids is 1. The quantitative estimate of drug-likeness (QED) is 0.716. The van der Waals surface area contributed by atoms with E-state index in [1.54, 1.807) is 0 Å². The summed E-state index contributed by atoms with van der Waals surface area (Å²) in [7, 11) is 0. The van der Waals surface area contributed by atoms with Gasteiger partial charge >= 0.3 is 0 Å². The fourth-order valence-electron chi connectivity index (χ4n) is 2.69. The number of hydrogen-bond acceptors (Lipinski definition) is 2. The number of aryl methyl sites for hydroxylation is 1. The highest BCUT2D eigenvalue weighted by molar-refractivity contribution is 5.78. The lowest BCUT2D eigenvalue weighted by atomic mass is 9.98. The van der Waals surface area contributed by atoms with Crippen LogP contribution in [0.2, 0.25) is 0 Å². The molecule has 3 rings (SSSR count). The van der Waals surface area contributed by atoms with Gasteiger partial charge in [-0.05, 0) is 30.4 Å². The second-order valence-corrected chi connectivity index (χ2v) is 4.50. The second-order valence-electron chi connectivity index (χ2n) is 4.50. The van der Waals surface area contributed by atoms with Gasteiger partial charge in [-0.2, -0.15) is 0 Å². The number of ether oxygens (including phenoxy) is 1. The van der Waals surface area contributed by atoms with Gasteiger partial charge in [0.05, 0.1) is 6.04 Å². The number of morpholine rings is 1. The third kappa shape index (κ3) is 1.61. The topological polar surface area (TPSA) is 38.3 Å². The average molecular weight is 217 g/mol. The monoisotopic (exact) mass is 217 g/mol. The number of nitrogens with one attached hydrogen (secondary N) is 1. The Kier molecular flexibility index (Phi) is 2.40. The van der Waals surface area contributed by atoms with Crippen molar-refractivity contribution in [1.29, 1.82) is 0 Å². The number of rotatable bonds is 0. The Bertz CT molecular complexity index is 416. The van der Waals surface area contributed by atoms with Crippen molar-refractivity contribution in [3.8, 4) is 0 Å². The van der Waals surface area contributed by atoms with Crippen molar-refractivity contribution in [2.75, 3.05) is 6.61 Å². The molecule has 1 aliphatic heterocycles. The molecule has 1 aliphatic carbocycles. The molecule has 1 heterocycles. The van der Waals surface area contributed by atoms with Crippen molar-refractivity contribution < 1.29 is 9.53 Å². The van der Waals surface area contributed by atoms with E-state index in [4.69, 9.17) is 4.74 Å². The number of benzene rings is 1. The molecular formula is C13H15NO2. The van der Waals surface area contributed by atoms with Crippen LogP contribution in [0.5, 0.6) is 0 Å². The van der Waals surface area contributed by atoms with Gasteiger partial charge in [0.2, 0.25) is 5.91 Å². The molecule has 1 N–H and O–H groups in total. The first kappa shape index (κ1) is 9.85. The Labute approximate surface area is 94.8 Å². The van der Waals surface area contributed by atoms with E-state index in [1.807, 2.05) is 6.07 Å². The third-order valence-corrected chi connectivity index (χ3v) is 3.43. The van der Waals surface area contributed by atoms with E-state index < -0.39 is 0 Å². The van der Waals surface area contributed by atoms with Crippen LogP contribution in [0.15, 0.2) is 24.3 Å². The van der Waals surface area contributed by atoms with Crippen molar-refractivity contribution in [1.82, 2.24) is 5.32 Å².